The van der Waals surface area contributed by atoms with Gasteiger partial charge in [-0.3, -0.25) is 0 Å². The largest absolute Gasteiger partial charge is 0.371 e. The molecule has 0 radical (unpaired) electrons. The van der Waals surface area contributed by atoms with Gasteiger partial charge in [-0.05, 0) is 121 Å². The van der Waals surface area contributed by atoms with Crippen LogP contribution in [0, 0.1) is 11.8 Å². The van der Waals surface area contributed by atoms with Crippen LogP contribution in [0.25, 0.3) is 5.57 Å². The molecule has 0 bridgehead atoms. The van der Waals surface area contributed by atoms with Crippen molar-refractivity contribution in [3.05, 3.63) is 159 Å². The number of hydrogen-bond donors (Lipinski definition) is 0. The van der Waals surface area contributed by atoms with Gasteiger partial charge in [0.1, 0.15) is 0 Å². The molecule has 0 aliphatic heterocycles. The van der Waals surface area contributed by atoms with Crippen molar-refractivity contribution < 1.29 is 0 Å². The van der Waals surface area contributed by atoms with E-state index in [-0.39, 0.29) is 0 Å². The van der Waals surface area contributed by atoms with Crippen molar-refractivity contribution in [3.8, 4) is 0 Å². The van der Waals surface area contributed by atoms with E-state index < -0.39 is 0 Å². The van der Waals surface area contributed by atoms with Crippen LogP contribution < -0.4 is 0 Å². The first-order valence-electron chi connectivity index (χ1n) is 16.6. The van der Waals surface area contributed by atoms with E-state index in [1.54, 1.807) is 22.3 Å². The highest BCUT2D eigenvalue weighted by atomic mass is 15.1. The highest BCUT2D eigenvalue weighted by Gasteiger charge is 2.39. The number of nitrogens with zero attached hydrogens (tertiary/aromatic N) is 1. The molecule has 1 nitrogen and oxygen atoms in total. The van der Waals surface area contributed by atoms with Gasteiger partial charge < -0.3 is 4.90 Å². The second-order valence-electron chi connectivity index (χ2n) is 13.5. The Hall–Kier alpha value is -3.84. The molecular weight excluding hydrogens is 518 g/mol. The zero-order valence-electron chi connectivity index (χ0n) is 25.8. The lowest BCUT2D eigenvalue weighted by atomic mass is 9.62. The lowest BCUT2D eigenvalue weighted by Crippen LogP contribution is -2.32. The molecule has 0 saturated carbocycles. The predicted molar refractivity (Wildman–Crippen MR) is 181 cm³/mol. The normalized spacial score (nSPS) is 27.3. The Bertz CT molecular complexity index is 1710. The van der Waals surface area contributed by atoms with E-state index in [0.717, 1.165) is 38.5 Å². The van der Waals surface area contributed by atoms with Gasteiger partial charge in [-0.25, -0.2) is 0 Å². The Morgan fingerprint density at radius 2 is 1.65 bits per heavy atom. The second-order valence-corrected chi connectivity index (χ2v) is 13.5. The molecule has 8 rings (SSSR count). The molecule has 3 unspecified atom stereocenters. The summed E-state index contributed by atoms with van der Waals surface area (Å²) in [6.07, 6.45) is 41.7. The number of hydrogen-bond acceptors (Lipinski definition) is 1. The van der Waals surface area contributed by atoms with Crippen LogP contribution in [0.2, 0.25) is 0 Å². The highest BCUT2D eigenvalue weighted by Crippen LogP contribution is 2.53. The zero-order valence-corrected chi connectivity index (χ0v) is 25.8. The van der Waals surface area contributed by atoms with E-state index in [4.69, 9.17) is 0 Å². The summed E-state index contributed by atoms with van der Waals surface area (Å²) >= 11 is 0. The fraction of sp³-hybridized carbons (Fsp3) is 0.333. The lowest BCUT2D eigenvalue weighted by Gasteiger charge is -2.42. The molecule has 0 spiro atoms. The average molecular weight is 562 g/mol. The summed E-state index contributed by atoms with van der Waals surface area (Å²) in [7, 11) is 2.31. The van der Waals surface area contributed by atoms with E-state index in [9.17, 15) is 0 Å². The number of aryl methyl sites for hydroxylation is 2. The van der Waals surface area contributed by atoms with Crippen molar-refractivity contribution in [3.63, 3.8) is 0 Å². The summed E-state index contributed by atoms with van der Waals surface area (Å²) in [6, 6.07) is 7.53. The van der Waals surface area contributed by atoms with E-state index in [1.165, 1.54) is 64.0 Å². The molecule has 43 heavy (non-hydrogen) atoms. The Kier molecular flexibility index (Phi) is 6.86. The molecule has 0 aromatic heterocycles. The van der Waals surface area contributed by atoms with Crippen LogP contribution in [0.4, 0.5) is 0 Å². The summed E-state index contributed by atoms with van der Waals surface area (Å²) in [5.41, 5.74) is 18.2. The SMILES string of the molecule is CC1=CC=C(C2=C3C=CC=CC3C(C3=CC=C(N(C)C4C=CC=C(c5ccc6c(c5)CC6)C4)CC3)C3=CCCC=C32)CC1. The maximum Gasteiger partial charge on any atom is 0.0510 e. The van der Waals surface area contributed by atoms with Gasteiger partial charge in [0.2, 0.25) is 0 Å². The maximum absolute atomic E-state index is 2.58. The molecule has 0 amide bonds. The molecule has 7 aliphatic carbocycles. The van der Waals surface area contributed by atoms with Crippen molar-refractivity contribution in [2.45, 2.75) is 70.8 Å². The van der Waals surface area contributed by atoms with Gasteiger partial charge in [0.15, 0.2) is 0 Å². The Morgan fingerprint density at radius 1 is 0.744 bits per heavy atom. The molecule has 0 fully saturated rings. The molecule has 1 aromatic rings. The van der Waals surface area contributed by atoms with E-state index in [1.807, 2.05) is 0 Å². The first-order valence-corrected chi connectivity index (χ1v) is 16.6. The summed E-state index contributed by atoms with van der Waals surface area (Å²) < 4.78 is 0. The minimum Gasteiger partial charge on any atom is -0.371 e. The Labute approximate surface area is 258 Å². The number of allylic oxidation sites excluding steroid dienone is 20. The molecule has 0 N–H and O–H groups in total. The second kappa shape index (κ2) is 11.0. The van der Waals surface area contributed by atoms with Crippen molar-refractivity contribution in [1.29, 1.82) is 0 Å². The van der Waals surface area contributed by atoms with Gasteiger partial charge in [-0.2, -0.15) is 0 Å². The standard InChI is InChI=1S/C42H43N/c1-28-14-16-30(17-15-28)41-37-10-3-5-12-39(37)42(40-13-6-4-11-38(40)41)31-22-24-35(25-23-31)43(2)36-9-7-8-32(27-36)34-21-19-29-18-20-33(29)26-34/h3,5,7-14,16,19,21-22,24,26,36,39,42H,4,6,15,17-18,20,23,25,27H2,1-2H3. The fourth-order valence-electron chi connectivity index (χ4n) is 8.37. The zero-order chi connectivity index (χ0) is 28.9. The molecule has 7 aliphatic rings. The molecular formula is C42H43N. The van der Waals surface area contributed by atoms with Crippen molar-refractivity contribution >= 4 is 5.57 Å². The van der Waals surface area contributed by atoms with E-state index in [2.05, 4.69) is 116 Å². The Balaban J connectivity index is 1.07. The first kappa shape index (κ1) is 26.8. The van der Waals surface area contributed by atoms with Crippen LogP contribution in [0.15, 0.2) is 142 Å². The lowest BCUT2D eigenvalue weighted by molar-refractivity contribution is 0.339. The van der Waals surface area contributed by atoms with Gasteiger partial charge in [-0.15, -0.1) is 0 Å². The van der Waals surface area contributed by atoms with Gasteiger partial charge in [0.05, 0.1) is 6.04 Å². The fourth-order valence-corrected chi connectivity index (χ4v) is 8.37. The van der Waals surface area contributed by atoms with Crippen molar-refractivity contribution in [2.24, 2.45) is 11.8 Å². The van der Waals surface area contributed by atoms with Crippen LogP contribution in [-0.4, -0.2) is 18.0 Å². The van der Waals surface area contributed by atoms with Gasteiger partial charge in [0.25, 0.3) is 0 Å². The summed E-state index contributed by atoms with van der Waals surface area (Å²) in [4.78, 5) is 2.54. The molecule has 1 heteroatoms. The smallest absolute Gasteiger partial charge is 0.0510 e. The third kappa shape index (κ3) is 4.78. The third-order valence-corrected chi connectivity index (χ3v) is 11.0. The Morgan fingerprint density at radius 3 is 2.44 bits per heavy atom. The van der Waals surface area contributed by atoms with Crippen LogP contribution in [0.1, 0.15) is 68.6 Å². The molecule has 0 saturated heterocycles. The van der Waals surface area contributed by atoms with E-state index >= 15 is 0 Å². The summed E-state index contributed by atoms with van der Waals surface area (Å²) in [6.45, 7) is 2.27. The number of likely N-dealkylation sites (N-methyl/N-ethyl adjacent to an activating group) is 1. The van der Waals surface area contributed by atoms with Crippen molar-refractivity contribution in [1.82, 2.24) is 4.90 Å². The van der Waals surface area contributed by atoms with Crippen LogP contribution in [-0.2, 0) is 12.8 Å². The van der Waals surface area contributed by atoms with Gasteiger partial charge in [-0.1, -0.05) is 102 Å². The monoisotopic (exact) mass is 561 g/mol. The number of benzene rings is 1. The quantitative estimate of drug-likeness (QED) is 0.346. The first-order chi connectivity index (χ1) is 21.1. The minimum atomic E-state index is 0.405. The van der Waals surface area contributed by atoms with Gasteiger partial charge >= 0.3 is 0 Å². The molecule has 216 valence electrons. The predicted octanol–water partition coefficient (Wildman–Crippen LogP) is 10.0. The molecule has 3 atom stereocenters. The minimum absolute atomic E-state index is 0.405. The molecule has 0 heterocycles. The third-order valence-electron chi connectivity index (χ3n) is 11.0. The maximum atomic E-state index is 2.58. The van der Waals surface area contributed by atoms with Crippen LogP contribution in [0.5, 0.6) is 0 Å². The van der Waals surface area contributed by atoms with Gasteiger partial charge in [0, 0.05) is 24.6 Å². The number of rotatable bonds is 5. The number of fused-ring (bicyclic) bond motifs is 3. The van der Waals surface area contributed by atoms with Crippen LogP contribution in [0.3, 0.4) is 0 Å². The van der Waals surface area contributed by atoms with Crippen LogP contribution >= 0.6 is 0 Å². The average Bonchev–Trinajstić information content (AvgIpc) is 3.04. The summed E-state index contributed by atoms with van der Waals surface area (Å²) in [5.74, 6) is 0.862. The topological polar surface area (TPSA) is 3.24 Å². The highest BCUT2D eigenvalue weighted by molar-refractivity contribution is 5.71. The summed E-state index contributed by atoms with van der Waals surface area (Å²) in [5, 5.41) is 0. The van der Waals surface area contributed by atoms with Crippen molar-refractivity contribution in [2.75, 3.05) is 7.05 Å². The molecule has 1 aromatic carbocycles. The van der Waals surface area contributed by atoms with E-state index in [0.29, 0.717) is 17.9 Å².